The third kappa shape index (κ3) is 3.88. The monoisotopic (exact) mass is 391 g/mol. The summed E-state index contributed by atoms with van der Waals surface area (Å²) in [4.78, 5) is 2.31. The normalized spacial score (nSPS) is 16.7. The van der Waals surface area contributed by atoms with Crippen molar-refractivity contribution in [3.05, 3.63) is 23.8 Å². The quantitative estimate of drug-likeness (QED) is 0.561. The van der Waals surface area contributed by atoms with E-state index < -0.39 is 37.7 Å². The largest absolute Gasteiger partial charge is 0.501 e. The number of halogens is 6. The molecule has 13 heteroatoms. The zero-order valence-corrected chi connectivity index (χ0v) is 13.0. The molecule has 0 aliphatic carbocycles. The van der Waals surface area contributed by atoms with Crippen molar-refractivity contribution in [1.82, 2.24) is 0 Å². The summed E-state index contributed by atoms with van der Waals surface area (Å²) in [6, 6.07) is 0.807. The van der Waals surface area contributed by atoms with Crippen molar-refractivity contribution in [3.8, 4) is 0 Å². The van der Waals surface area contributed by atoms with Crippen LogP contribution in [0.2, 0.25) is 0 Å². The van der Waals surface area contributed by atoms with Gasteiger partial charge in [-0.2, -0.15) is 26.3 Å². The summed E-state index contributed by atoms with van der Waals surface area (Å²) < 4.78 is 98.9. The van der Waals surface area contributed by atoms with Crippen LogP contribution in [-0.2, 0) is 16.0 Å². The molecule has 0 fully saturated rings. The number of nitrogens with zero attached hydrogens (tertiary/aromatic N) is 3. The molecular weight excluding hydrogens is 384 g/mol. The Morgan fingerprint density at radius 2 is 1.75 bits per heavy atom. The second-order valence-corrected chi connectivity index (χ2v) is 7.34. The fourth-order valence-corrected chi connectivity index (χ4v) is 3.04. The molecule has 0 radical (unpaired) electrons. The summed E-state index contributed by atoms with van der Waals surface area (Å²) >= 11 is 1.15. The van der Waals surface area contributed by atoms with Gasteiger partial charge in [-0.3, -0.25) is 4.99 Å². The van der Waals surface area contributed by atoms with Gasteiger partial charge in [0.05, 0.1) is 22.7 Å². The molecule has 24 heavy (non-hydrogen) atoms. The third-order valence-electron chi connectivity index (χ3n) is 2.70. The summed E-state index contributed by atoms with van der Waals surface area (Å²) in [6.07, 6.45) is -5.11. The maximum Gasteiger partial charge on any atom is 0.501 e. The van der Waals surface area contributed by atoms with Crippen molar-refractivity contribution in [3.63, 3.8) is 0 Å². The van der Waals surface area contributed by atoms with Crippen molar-refractivity contribution >= 4 is 32.5 Å². The van der Waals surface area contributed by atoms with Crippen LogP contribution in [-0.4, -0.2) is 31.4 Å². The van der Waals surface area contributed by atoms with Crippen molar-refractivity contribution in [2.24, 2.45) is 15.2 Å². The Hall–Kier alpha value is -1.63. The van der Waals surface area contributed by atoms with Crippen molar-refractivity contribution in [1.29, 1.82) is 0 Å². The molecule has 0 atom stereocenters. The van der Waals surface area contributed by atoms with Gasteiger partial charge >= 0.3 is 11.7 Å². The van der Waals surface area contributed by atoms with Gasteiger partial charge in [0.1, 0.15) is 0 Å². The number of amidine groups is 1. The van der Waals surface area contributed by atoms with Crippen LogP contribution in [0.4, 0.5) is 32.0 Å². The second kappa shape index (κ2) is 6.35. The molecule has 0 N–H and O–H groups in total. The molecule has 0 aromatic heterocycles. The van der Waals surface area contributed by atoms with E-state index in [1.165, 1.54) is 0 Å². The van der Waals surface area contributed by atoms with Crippen LogP contribution in [0.5, 0.6) is 0 Å². The van der Waals surface area contributed by atoms with E-state index in [-0.39, 0.29) is 11.2 Å². The van der Waals surface area contributed by atoms with E-state index in [0.29, 0.717) is 24.4 Å². The van der Waals surface area contributed by atoms with Gasteiger partial charge in [0.2, 0.25) is 5.17 Å². The predicted molar refractivity (Wildman–Crippen MR) is 74.0 cm³/mol. The Morgan fingerprint density at radius 1 is 1.08 bits per heavy atom. The van der Waals surface area contributed by atoms with Crippen LogP contribution >= 0.6 is 11.8 Å². The molecule has 132 valence electrons. The molecule has 1 heterocycles. The van der Waals surface area contributed by atoms with E-state index >= 15 is 0 Å². The topological polar surface area (TPSA) is 71.2 Å². The Balaban J connectivity index is 2.51. The minimum atomic E-state index is -5.91. The molecule has 0 spiro atoms. The lowest BCUT2D eigenvalue weighted by Crippen LogP contribution is -2.23. The van der Waals surface area contributed by atoms with Crippen molar-refractivity contribution in [2.45, 2.75) is 16.6 Å². The first-order valence-electron chi connectivity index (χ1n) is 6.04. The van der Waals surface area contributed by atoms with E-state index in [1.807, 2.05) is 0 Å². The zero-order chi connectivity index (χ0) is 18.2. The molecule has 0 bridgehead atoms. The highest BCUT2D eigenvalue weighted by molar-refractivity contribution is 8.14. The smallest absolute Gasteiger partial charge is 0.258 e. The van der Waals surface area contributed by atoms with Crippen LogP contribution in [0.1, 0.15) is 5.56 Å². The van der Waals surface area contributed by atoms with Gasteiger partial charge in [0.15, 0.2) is 0 Å². The van der Waals surface area contributed by atoms with E-state index in [4.69, 9.17) is 0 Å². The second-order valence-electron chi connectivity index (χ2n) is 4.34. The van der Waals surface area contributed by atoms with Gasteiger partial charge in [-0.05, 0) is 18.2 Å². The highest BCUT2D eigenvalue weighted by Gasteiger charge is 2.48. The number of hydrogen-bond donors (Lipinski definition) is 0. The van der Waals surface area contributed by atoms with Gasteiger partial charge in [0.25, 0.3) is 9.84 Å². The molecule has 0 unspecified atom stereocenters. The average Bonchev–Trinajstić information content (AvgIpc) is 2.96. The Labute approximate surface area is 135 Å². The summed E-state index contributed by atoms with van der Waals surface area (Å²) in [6.45, 7) is 0.425. The van der Waals surface area contributed by atoms with E-state index in [2.05, 4.69) is 15.2 Å². The molecule has 1 aromatic carbocycles. The molecule has 0 saturated heterocycles. The molecule has 5 nitrogen and oxygen atoms in total. The SMILES string of the molecule is O=S(=O)(c1ccc(N=NC2=NCCS2)c(C(F)(F)F)c1)C(F)(F)F. The lowest BCUT2D eigenvalue weighted by molar-refractivity contribution is -0.137. The molecule has 0 saturated carbocycles. The maximum atomic E-state index is 13.0. The predicted octanol–water partition coefficient (Wildman–Crippen LogP) is 4.19. The Morgan fingerprint density at radius 3 is 2.25 bits per heavy atom. The fraction of sp³-hybridized carbons (Fsp3) is 0.364. The number of hydrogen-bond acceptors (Lipinski definition) is 6. The first-order chi connectivity index (χ1) is 10.9. The van der Waals surface area contributed by atoms with Crippen LogP contribution in [0.15, 0.2) is 38.3 Å². The zero-order valence-electron chi connectivity index (χ0n) is 11.4. The van der Waals surface area contributed by atoms with Crippen LogP contribution in [0, 0.1) is 0 Å². The average molecular weight is 391 g/mol. The summed E-state index contributed by atoms with van der Waals surface area (Å²) in [5.41, 5.74) is -8.16. The molecule has 1 aromatic rings. The Bertz CT molecular complexity index is 799. The van der Waals surface area contributed by atoms with Gasteiger partial charge in [-0.15, -0.1) is 10.2 Å². The van der Waals surface area contributed by atoms with Crippen LogP contribution in [0.25, 0.3) is 0 Å². The number of rotatable bonds is 2. The minimum absolute atomic E-state index is 0.110. The minimum Gasteiger partial charge on any atom is -0.258 e. The van der Waals surface area contributed by atoms with Gasteiger partial charge in [-0.25, -0.2) is 8.42 Å². The molecular formula is C11H7F6N3O2S2. The van der Waals surface area contributed by atoms with Gasteiger partial charge < -0.3 is 0 Å². The number of azo groups is 1. The molecule has 0 amide bonds. The highest BCUT2D eigenvalue weighted by atomic mass is 32.2. The van der Waals surface area contributed by atoms with Gasteiger partial charge in [0, 0.05) is 5.75 Å². The number of alkyl halides is 6. The highest BCUT2D eigenvalue weighted by Crippen LogP contribution is 2.40. The van der Waals surface area contributed by atoms with E-state index in [1.54, 1.807) is 0 Å². The molecule has 1 aliphatic heterocycles. The number of sulfone groups is 1. The summed E-state index contributed by atoms with van der Waals surface area (Å²) in [5.74, 6) is 0.587. The fourth-order valence-electron chi connectivity index (χ4n) is 1.61. The van der Waals surface area contributed by atoms with Gasteiger partial charge in [-0.1, -0.05) is 11.8 Å². The lowest BCUT2D eigenvalue weighted by atomic mass is 10.2. The maximum absolute atomic E-state index is 13.0. The summed E-state index contributed by atoms with van der Waals surface area (Å²) in [7, 11) is -5.91. The van der Waals surface area contributed by atoms with Crippen LogP contribution < -0.4 is 0 Å². The van der Waals surface area contributed by atoms with E-state index in [9.17, 15) is 34.8 Å². The third-order valence-corrected chi connectivity index (χ3v) is 5.04. The Kier molecular flexibility index (Phi) is 4.95. The number of benzene rings is 1. The molecule has 2 rings (SSSR count). The number of aliphatic imine (C=N–C) groups is 1. The lowest BCUT2D eigenvalue weighted by Gasteiger charge is -2.13. The van der Waals surface area contributed by atoms with Crippen molar-refractivity contribution in [2.75, 3.05) is 12.3 Å². The summed E-state index contributed by atoms with van der Waals surface area (Å²) in [5, 5.41) is 6.93. The van der Waals surface area contributed by atoms with Crippen LogP contribution in [0.3, 0.4) is 0 Å². The van der Waals surface area contributed by atoms with Crippen molar-refractivity contribution < 1.29 is 34.8 Å². The first kappa shape index (κ1) is 18.7. The number of thioether (sulfide) groups is 1. The first-order valence-corrected chi connectivity index (χ1v) is 8.51. The van der Waals surface area contributed by atoms with E-state index in [0.717, 1.165) is 11.8 Å². The molecule has 1 aliphatic rings. The standard InChI is InChI=1S/C11H7F6N3O2S2/c12-10(13,14)7-5-6(24(21,22)11(15,16)17)1-2-8(7)19-20-9-18-3-4-23-9/h1-2,5H,3-4H2.